The molecule has 0 unspecified atom stereocenters. The Bertz CT molecular complexity index is 1150. The summed E-state index contributed by atoms with van der Waals surface area (Å²) in [7, 11) is 0. The van der Waals surface area contributed by atoms with E-state index in [9.17, 15) is 8.78 Å². The van der Waals surface area contributed by atoms with E-state index in [-0.39, 0.29) is 17.6 Å². The second-order valence-electron chi connectivity index (χ2n) is 8.91. The third kappa shape index (κ3) is 5.00. The van der Waals surface area contributed by atoms with Gasteiger partial charge in [-0.05, 0) is 72.8 Å². The van der Waals surface area contributed by atoms with Crippen LogP contribution in [0.2, 0.25) is 0 Å². The molecule has 5 rings (SSSR count). The van der Waals surface area contributed by atoms with E-state index in [1.807, 2.05) is 24.3 Å². The molecule has 0 saturated heterocycles. The number of aromatic nitrogens is 1. The smallest absolute Gasteiger partial charge is 0.123 e. The van der Waals surface area contributed by atoms with Crippen LogP contribution in [0.25, 0.3) is 10.9 Å². The summed E-state index contributed by atoms with van der Waals surface area (Å²) in [5, 5.41) is 8.58. The number of benzene rings is 3. The van der Waals surface area contributed by atoms with Crippen LogP contribution in [0.4, 0.5) is 8.78 Å². The number of hydrogen-bond donors (Lipinski definition) is 3. The molecule has 3 N–H and O–H groups in total. The molecule has 33 heavy (non-hydrogen) atoms. The maximum atomic E-state index is 13.4. The Kier molecular flexibility index (Phi) is 6.51. The van der Waals surface area contributed by atoms with Crippen LogP contribution in [0.5, 0.6) is 0 Å². The number of H-pyrrole nitrogens is 1. The van der Waals surface area contributed by atoms with Crippen molar-refractivity contribution in [1.29, 1.82) is 0 Å². The number of nitrogens with one attached hydrogen (secondary N) is 3. The highest BCUT2D eigenvalue weighted by atomic mass is 19.1. The monoisotopic (exact) mass is 445 g/mol. The topological polar surface area (TPSA) is 39.9 Å². The normalized spacial score (nSPS) is 15.8. The Morgan fingerprint density at radius 2 is 1.55 bits per heavy atom. The Morgan fingerprint density at radius 3 is 2.24 bits per heavy atom. The summed E-state index contributed by atoms with van der Waals surface area (Å²) in [6.45, 7) is 2.68. The first-order valence-corrected chi connectivity index (χ1v) is 11.7. The molecular formula is C28H29F2N3. The van der Waals surface area contributed by atoms with Crippen molar-refractivity contribution in [3.63, 3.8) is 0 Å². The molecule has 1 atom stereocenters. The van der Waals surface area contributed by atoms with Gasteiger partial charge in [-0.3, -0.25) is 0 Å². The van der Waals surface area contributed by atoms with Gasteiger partial charge in [0.1, 0.15) is 11.6 Å². The van der Waals surface area contributed by atoms with E-state index in [1.165, 1.54) is 46.4 Å². The molecule has 1 aliphatic rings. The number of fused-ring (bicyclic) bond motifs is 3. The molecule has 0 spiro atoms. The van der Waals surface area contributed by atoms with Crippen LogP contribution in [-0.2, 0) is 13.0 Å². The lowest BCUT2D eigenvalue weighted by Gasteiger charge is -2.25. The molecule has 0 saturated carbocycles. The van der Waals surface area contributed by atoms with Gasteiger partial charge >= 0.3 is 0 Å². The number of halogens is 2. The fraction of sp³-hybridized carbons (Fsp3) is 0.286. The highest BCUT2D eigenvalue weighted by Crippen LogP contribution is 2.30. The number of aromatic amines is 1. The van der Waals surface area contributed by atoms with Gasteiger partial charge in [0, 0.05) is 41.6 Å². The Balaban J connectivity index is 1.16. The molecule has 0 radical (unpaired) electrons. The Hall–Kier alpha value is -3.02. The fourth-order valence-corrected chi connectivity index (χ4v) is 4.97. The summed E-state index contributed by atoms with van der Waals surface area (Å²) in [5.41, 5.74) is 6.07. The van der Waals surface area contributed by atoms with Crippen molar-refractivity contribution in [2.75, 3.05) is 13.1 Å². The summed E-state index contributed by atoms with van der Waals surface area (Å²) in [6.07, 6.45) is 2.90. The Morgan fingerprint density at radius 1 is 0.879 bits per heavy atom. The van der Waals surface area contributed by atoms with Crippen molar-refractivity contribution in [2.45, 2.75) is 37.8 Å². The second-order valence-corrected chi connectivity index (χ2v) is 8.91. The largest absolute Gasteiger partial charge is 0.357 e. The predicted molar refractivity (Wildman–Crippen MR) is 129 cm³/mol. The van der Waals surface area contributed by atoms with Gasteiger partial charge < -0.3 is 15.6 Å². The molecule has 5 heteroatoms. The standard InChI is InChI=1S/C28H29F2N3/c29-21-11-7-19(8-12-21)24(20-9-13-22(30)14-10-20)5-3-15-31-17-23-16-26-25-4-1-2-6-27(25)33-28(26)18-32-23/h1-2,4,6-14,23-24,31-33H,3,5,15-18H2/t23-/m0/s1. The SMILES string of the molecule is Fc1ccc(C(CCCNC[C@@H]2Cc3c([nH]c4ccccc34)CN2)c2ccc(F)cc2)cc1. The third-order valence-electron chi connectivity index (χ3n) is 6.70. The molecule has 1 aromatic heterocycles. The van der Waals surface area contributed by atoms with Gasteiger partial charge in [-0.1, -0.05) is 42.5 Å². The maximum absolute atomic E-state index is 13.4. The molecule has 0 bridgehead atoms. The average Bonchev–Trinajstić information content (AvgIpc) is 3.21. The molecule has 1 aliphatic heterocycles. The van der Waals surface area contributed by atoms with Gasteiger partial charge in [0.05, 0.1) is 0 Å². The summed E-state index contributed by atoms with van der Waals surface area (Å²) in [5.74, 6) is -0.359. The minimum Gasteiger partial charge on any atom is -0.357 e. The highest BCUT2D eigenvalue weighted by Gasteiger charge is 2.21. The van der Waals surface area contributed by atoms with E-state index in [4.69, 9.17) is 0 Å². The van der Waals surface area contributed by atoms with Crippen LogP contribution in [-0.4, -0.2) is 24.1 Å². The zero-order chi connectivity index (χ0) is 22.6. The van der Waals surface area contributed by atoms with Gasteiger partial charge in [0.25, 0.3) is 0 Å². The number of para-hydroxylation sites is 1. The minimum atomic E-state index is -0.239. The number of hydrogen-bond acceptors (Lipinski definition) is 2. The van der Waals surface area contributed by atoms with Gasteiger partial charge in [-0.25, -0.2) is 8.78 Å². The summed E-state index contributed by atoms with van der Waals surface area (Å²) in [4.78, 5) is 3.53. The molecule has 3 aromatic carbocycles. The maximum Gasteiger partial charge on any atom is 0.123 e. The molecule has 0 fully saturated rings. The van der Waals surface area contributed by atoms with E-state index in [0.29, 0.717) is 6.04 Å². The van der Waals surface area contributed by atoms with Crippen LogP contribution in [0.3, 0.4) is 0 Å². The van der Waals surface area contributed by atoms with Crippen molar-refractivity contribution in [2.24, 2.45) is 0 Å². The van der Waals surface area contributed by atoms with Crippen LogP contribution in [0.1, 0.15) is 41.1 Å². The van der Waals surface area contributed by atoms with E-state index in [2.05, 4.69) is 39.9 Å². The first kappa shape index (κ1) is 21.8. The summed E-state index contributed by atoms with van der Waals surface area (Å²) >= 11 is 0. The van der Waals surface area contributed by atoms with Gasteiger partial charge in [0.2, 0.25) is 0 Å². The molecule has 2 heterocycles. The van der Waals surface area contributed by atoms with Gasteiger partial charge in [0.15, 0.2) is 0 Å². The predicted octanol–water partition coefficient (Wildman–Crippen LogP) is 5.66. The zero-order valence-corrected chi connectivity index (χ0v) is 18.6. The van der Waals surface area contributed by atoms with Crippen LogP contribution >= 0.6 is 0 Å². The quantitative estimate of drug-likeness (QED) is 0.306. The van der Waals surface area contributed by atoms with Crippen molar-refractivity contribution >= 4 is 10.9 Å². The molecule has 4 aromatic rings. The van der Waals surface area contributed by atoms with E-state index < -0.39 is 0 Å². The summed E-state index contributed by atoms with van der Waals surface area (Å²) < 4.78 is 26.9. The fourth-order valence-electron chi connectivity index (χ4n) is 4.97. The second kappa shape index (κ2) is 9.86. The molecule has 0 aliphatic carbocycles. The van der Waals surface area contributed by atoms with E-state index in [1.54, 1.807) is 0 Å². The first-order chi connectivity index (χ1) is 16.2. The molecule has 170 valence electrons. The molecule has 3 nitrogen and oxygen atoms in total. The van der Waals surface area contributed by atoms with E-state index in [0.717, 1.165) is 50.0 Å². The van der Waals surface area contributed by atoms with E-state index >= 15 is 0 Å². The van der Waals surface area contributed by atoms with Crippen LogP contribution in [0.15, 0.2) is 72.8 Å². The zero-order valence-electron chi connectivity index (χ0n) is 18.6. The molecular weight excluding hydrogens is 416 g/mol. The van der Waals surface area contributed by atoms with Crippen molar-refractivity contribution in [3.8, 4) is 0 Å². The first-order valence-electron chi connectivity index (χ1n) is 11.7. The minimum absolute atomic E-state index is 0.120. The third-order valence-corrected chi connectivity index (χ3v) is 6.70. The number of rotatable bonds is 8. The van der Waals surface area contributed by atoms with Crippen LogP contribution in [0, 0.1) is 11.6 Å². The van der Waals surface area contributed by atoms with Gasteiger partial charge in [-0.15, -0.1) is 0 Å². The highest BCUT2D eigenvalue weighted by molar-refractivity contribution is 5.84. The Labute approximate surface area is 193 Å². The molecule has 0 amide bonds. The van der Waals surface area contributed by atoms with Gasteiger partial charge in [-0.2, -0.15) is 0 Å². The van der Waals surface area contributed by atoms with Crippen LogP contribution < -0.4 is 10.6 Å². The lowest BCUT2D eigenvalue weighted by Crippen LogP contribution is -2.43. The average molecular weight is 446 g/mol. The van der Waals surface area contributed by atoms with Crippen molar-refractivity contribution in [1.82, 2.24) is 15.6 Å². The lowest BCUT2D eigenvalue weighted by atomic mass is 9.87. The van der Waals surface area contributed by atoms with Crippen molar-refractivity contribution < 1.29 is 8.78 Å². The summed E-state index contributed by atoms with van der Waals surface area (Å²) in [6, 6.07) is 22.2. The lowest BCUT2D eigenvalue weighted by molar-refractivity contribution is 0.441. The van der Waals surface area contributed by atoms with Crippen molar-refractivity contribution in [3.05, 3.63) is 107 Å².